The first-order chi connectivity index (χ1) is 5.26. The quantitative estimate of drug-likeness (QED) is 0.518. The molecule has 0 aromatic carbocycles. The molecule has 0 bridgehead atoms. The van der Waals surface area contributed by atoms with E-state index < -0.39 is 6.10 Å². The van der Waals surface area contributed by atoms with Crippen LogP contribution in [0.1, 0.15) is 26.2 Å². The molecule has 3 nitrogen and oxygen atoms in total. The smallest absolute Gasteiger partial charge is 0.0712 e. The highest BCUT2D eigenvalue weighted by Gasteiger charge is 2.15. The highest BCUT2D eigenvalue weighted by atomic mass is 16.3. The lowest BCUT2D eigenvalue weighted by atomic mass is 9.97. The Morgan fingerprint density at radius 3 is 2.45 bits per heavy atom. The molecule has 0 aliphatic heterocycles. The number of rotatable bonds is 6. The highest BCUT2D eigenvalue weighted by molar-refractivity contribution is 4.68. The molecule has 2 unspecified atom stereocenters. The molecule has 4 N–H and O–H groups in total. The predicted octanol–water partition coefficient (Wildman–Crippen LogP) is 0.105. The second-order valence-electron chi connectivity index (χ2n) is 2.89. The molecule has 0 saturated heterocycles. The molecule has 0 spiro atoms. The largest absolute Gasteiger partial charge is 0.396 e. The molecule has 0 rings (SSSR count). The fourth-order valence-electron chi connectivity index (χ4n) is 1.06. The van der Waals surface area contributed by atoms with Gasteiger partial charge in [0.2, 0.25) is 0 Å². The first kappa shape index (κ1) is 10.9. The van der Waals surface area contributed by atoms with Gasteiger partial charge in [0, 0.05) is 19.1 Å². The van der Waals surface area contributed by atoms with Crippen LogP contribution in [0.3, 0.4) is 0 Å². The molecule has 0 aromatic rings. The fraction of sp³-hybridized carbons (Fsp3) is 1.00. The average molecular weight is 161 g/mol. The number of hydrogen-bond acceptors (Lipinski definition) is 3. The first-order valence-corrected chi connectivity index (χ1v) is 4.25. The third-order valence-corrected chi connectivity index (χ3v) is 1.95. The Kier molecular flexibility index (Phi) is 6.51. The van der Waals surface area contributed by atoms with E-state index in [9.17, 15) is 5.11 Å². The average Bonchev–Trinajstić information content (AvgIpc) is 2.05. The van der Waals surface area contributed by atoms with Crippen molar-refractivity contribution < 1.29 is 10.2 Å². The molecule has 68 valence electrons. The van der Waals surface area contributed by atoms with Gasteiger partial charge >= 0.3 is 0 Å². The maximum Gasteiger partial charge on any atom is 0.0712 e. The Morgan fingerprint density at radius 2 is 2.09 bits per heavy atom. The molecule has 0 heterocycles. The van der Waals surface area contributed by atoms with Crippen molar-refractivity contribution in [2.45, 2.75) is 32.3 Å². The van der Waals surface area contributed by atoms with Crippen LogP contribution in [0.15, 0.2) is 0 Å². The minimum Gasteiger partial charge on any atom is -0.396 e. The number of aliphatic hydroxyl groups is 2. The standard InChI is InChI=1S/C8H19NO2/c1-2-3-4-7(6-10)8(11)5-9/h7-8,10-11H,2-6,9H2,1H3. The van der Waals surface area contributed by atoms with Gasteiger partial charge in [-0.25, -0.2) is 0 Å². The Hall–Kier alpha value is -0.120. The van der Waals surface area contributed by atoms with Crippen LogP contribution in [-0.2, 0) is 0 Å². The van der Waals surface area contributed by atoms with E-state index in [1.807, 2.05) is 0 Å². The van der Waals surface area contributed by atoms with E-state index in [1.54, 1.807) is 0 Å². The lowest BCUT2D eigenvalue weighted by molar-refractivity contribution is 0.0672. The lowest BCUT2D eigenvalue weighted by Crippen LogP contribution is -2.31. The van der Waals surface area contributed by atoms with Gasteiger partial charge in [0.1, 0.15) is 0 Å². The zero-order valence-electron chi connectivity index (χ0n) is 7.16. The molecule has 0 aliphatic carbocycles. The maximum atomic E-state index is 9.26. The molecule has 0 aromatic heterocycles. The summed E-state index contributed by atoms with van der Waals surface area (Å²) in [5, 5.41) is 18.1. The summed E-state index contributed by atoms with van der Waals surface area (Å²) in [5.41, 5.74) is 5.26. The third-order valence-electron chi connectivity index (χ3n) is 1.95. The Bertz CT molecular complexity index is 88.2. The molecule has 0 fully saturated rings. The second-order valence-corrected chi connectivity index (χ2v) is 2.89. The zero-order valence-corrected chi connectivity index (χ0v) is 7.16. The Morgan fingerprint density at radius 1 is 1.45 bits per heavy atom. The summed E-state index contributed by atoms with van der Waals surface area (Å²) in [5.74, 6) is -0.0278. The number of unbranched alkanes of at least 4 members (excludes halogenated alkanes) is 1. The molecule has 3 heteroatoms. The normalized spacial score (nSPS) is 16.4. The van der Waals surface area contributed by atoms with E-state index >= 15 is 0 Å². The van der Waals surface area contributed by atoms with Gasteiger partial charge in [-0.15, -0.1) is 0 Å². The number of hydrogen-bond donors (Lipinski definition) is 3. The van der Waals surface area contributed by atoms with Crippen molar-refractivity contribution in [3.8, 4) is 0 Å². The van der Waals surface area contributed by atoms with Gasteiger partial charge in [0.05, 0.1) is 6.10 Å². The SMILES string of the molecule is CCCCC(CO)C(O)CN. The second kappa shape index (κ2) is 6.58. The summed E-state index contributed by atoms with van der Waals surface area (Å²) in [4.78, 5) is 0. The van der Waals surface area contributed by atoms with E-state index in [4.69, 9.17) is 10.8 Å². The molecule has 0 aliphatic rings. The van der Waals surface area contributed by atoms with E-state index in [1.165, 1.54) is 0 Å². The van der Waals surface area contributed by atoms with Crippen LogP contribution in [0.2, 0.25) is 0 Å². The van der Waals surface area contributed by atoms with Crippen LogP contribution in [0.5, 0.6) is 0 Å². The number of nitrogens with two attached hydrogens (primary N) is 1. The predicted molar refractivity (Wildman–Crippen MR) is 45.2 cm³/mol. The Balaban J connectivity index is 3.56. The van der Waals surface area contributed by atoms with Gasteiger partial charge in [-0.2, -0.15) is 0 Å². The molecule has 0 saturated carbocycles. The molecule has 2 atom stereocenters. The first-order valence-electron chi connectivity index (χ1n) is 4.25. The van der Waals surface area contributed by atoms with Crippen molar-refractivity contribution >= 4 is 0 Å². The van der Waals surface area contributed by atoms with Crippen LogP contribution in [0.25, 0.3) is 0 Å². The summed E-state index contributed by atoms with van der Waals surface area (Å²) in [6.45, 7) is 2.37. The molecular weight excluding hydrogens is 142 g/mol. The van der Waals surface area contributed by atoms with Crippen LogP contribution in [0, 0.1) is 5.92 Å². The van der Waals surface area contributed by atoms with E-state index in [-0.39, 0.29) is 19.1 Å². The summed E-state index contributed by atoms with van der Waals surface area (Å²) < 4.78 is 0. The molecule has 0 radical (unpaired) electrons. The van der Waals surface area contributed by atoms with Crippen molar-refractivity contribution in [1.29, 1.82) is 0 Å². The third kappa shape index (κ3) is 4.35. The van der Waals surface area contributed by atoms with Crippen molar-refractivity contribution in [2.75, 3.05) is 13.2 Å². The molecule has 11 heavy (non-hydrogen) atoms. The fourth-order valence-corrected chi connectivity index (χ4v) is 1.06. The van der Waals surface area contributed by atoms with Crippen LogP contribution >= 0.6 is 0 Å². The highest BCUT2D eigenvalue weighted by Crippen LogP contribution is 2.11. The van der Waals surface area contributed by atoms with E-state index in [0.29, 0.717) is 0 Å². The molecular formula is C8H19NO2. The van der Waals surface area contributed by atoms with Crippen molar-refractivity contribution in [2.24, 2.45) is 11.7 Å². The number of aliphatic hydroxyl groups excluding tert-OH is 2. The maximum absolute atomic E-state index is 9.26. The lowest BCUT2D eigenvalue weighted by Gasteiger charge is -2.18. The van der Waals surface area contributed by atoms with Crippen LogP contribution in [0.4, 0.5) is 0 Å². The van der Waals surface area contributed by atoms with Gasteiger partial charge in [-0.1, -0.05) is 19.8 Å². The van der Waals surface area contributed by atoms with Gasteiger partial charge in [-0.3, -0.25) is 0 Å². The van der Waals surface area contributed by atoms with E-state index in [0.717, 1.165) is 19.3 Å². The van der Waals surface area contributed by atoms with Gasteiger partial charge in [0.25, 0.3) is 0 Å². The zero-order chi connectivity index (χ0) is 8.69. The minimum absolute atomic E-state index is 0.0278. The monoisotopic (exact) mass is 161 g/mol. The Labute approximate surface area is 68.2 Å². The van der Waals surface area contributed by atoms with Crippen molar-refractivity contribution in [1.82, 2.24) is 0 Å². The van der Waals surface area contributed by atoms with Gasteiger partial charge in [-0.05, 0) is 6.42 Å². The summed E-state index contributed by atoms with van der Waals surface area (Å²) in [7, 11) is 0. The van der Waals surface area contributed by atoms with E-state index in [2.05, 4.69) is 6.92 Å². The minimum atomic E-state index is -0.536. The van der Waals surface area contributed by atoms with Crippen LogP contribution in [-0.4, -0.2) is 29.5 Å². The summed E-state index contributed by atoms with van der Waals surface area (Å²) in [6.07, 6.45) is 2.47. The van der Waals surface area contributed by atoms with Crippen molar-refractivity contribution in [3.05, 3.63) is 0 Å². The van der Waals surface area contributed by atoms with Crippen LogP contribution < -0.4 is 5.73 Å². The van der Waals surface area contributed by atoms with Gasteiger partial charge in [0.15, 0.2) is 0 Å². The van der Waals surface area contributed by atoms with Crippen molar-refractivity contribution in [3.63, 3.8) is 0 Å². The summed E-state index contributed by atoms with van der Waals surface area (Å²) >= 11 is 0. The van der Waals surface area contributed by atoms with Gasteiger partial charge < -0.3 is 15.9 Å². The topological polar surface area (TPSA) is 66.5 Å². The summed E-state index contributed by atoms with van der Waals surface area (Å²) in [6, 6.07) is 0. The molecule has 0 amide bonds.